The van der Waals surface area contributed by atoms with E-state index in [2.05, 4.69) is 0 Å². The van der Waals surface area contributed by atoms with Crippen LogP contribution in [0.15, 0.2) is 0 Å². The molecule has 1 atom stereocenters. The first kappa shape index (κ1) is 9.25. The highest BCUT2D eigenvalue weighted by atomic mass is 35.5. The lowest BCUT2D eigenvalue weighted by molar-refractivity contribution is -0.137. The van der Waals surface area contributed by atoms with E-state index >= 15 is 0 Å². The average Bonchev–Trinajstić information content (AvgIpc) is 1.86. The Kier molecular flexibility index (Phi) is 4.69. The van der Waals surface area contributed by atoms with Gasteiger partial charge in [-0.2, -0.15) is 5.26 Å². The molecule has 0 aromatic rings. The largest absolute Gasteiger partial charge is 0.481 e. The Morgan fingerprint density at radius 3 is 2.70 bits per heavy atom. The first-order valence-corrected chi connectivity index (χ1v) is 3.38. The minimum absolute atomic E-state index is 0.0168. The van der Waals surface area contributed by atoms with Crippen LogP contribution in [0.3, 0.4) is 0 Å². The van der Waals surface area contributed by atoms with Crippen molar-refractivity contribution < 1.29 is 9.90 Å². The van der Waals surface area contributed by atoms with Crippen LogP contribution in [0.25, 0.3) is 0 Å². The molecule has 0 aromatic carbocycles. The molecule has 0 aliphatic heterocycles. The van der Waals surface area contributed by atoms with Crippen molar-refractivity contribution in [3.8, 4) is 6.07 Å². The van der Waals surface area contributed by atoms with Crippen LogP contribution >= 0.6 is 11.6 Å². The number of hydrogen-bond donors (Lipinski definition) is 1. The summed E-state index contributed by atoms with van der Waals surface area (Å²) < 4.78 is 0. The molecule has 56 valence electrons. The second-order valence-corrected chi connectivity index (χ2v) is 2.29. The number of carbonyl (C=O) groups is 1. The van der Waals surface area contributed by atoms with Gasteiger partial charge in [0.2, 0.25) is 0 Å². The lowest BCUT2D eigenvalue weighted by atomic mass is 10.1. The molecule has 1 N–H and O–H groups in total. The average molecular weight is 162 g/mol. The summed E-state index contributed by atoms with van der Waals surface area (Å²) in [7, 11) is 0. The Morgan fingerprint density at radius 1 is 1.80 bits per heavy atom. The number of hydrogen-bond acceptors (Lipinski definition) is 2. The van der Waals surface area contributed by atoms with Crippen LogP contribution in [-0.4, -0.2) is 17.0 Å². The molecule has 0 saturated heterocycles. The first-order chi connectivity index (χ1) is 4.70. The maximum Gasteiger partial charge on any atom is 0.303 e. The highest BCUT2D eigenvalue weighted by molar-refractivity contribution is 6.18. The van der Waals surface area contributed by atoms with Gasteiger partial charge in [0.1, 0.15) is 0 Å². The highest BCUT2D eigenvalue weighted by Crippen LogP contribution is 2.09. The van der Waals surface area contributed by atoms with Crippen molar-refractivity contribution in [2.45, 2.75) is 12.8 Å². The van der Waals surface area contributed by atoms with Gasteiger partial charge in [-0.15, -0.1) is 11.6 Å². The summed E-state index contributed by atoms with van der Waals surface area (Å²) in [5.74, 6) is -0.870. The minimum Gasteiger partial charge on any atom is -0.481 e. The lowest BCUT2D eigenvalue weighted by Crippen LogP contribution is -2.08. The summed E-state index contributed by atoms with van der Waals surface area (Å²) in [6, 6.07) is 1.88. The van der Waals surface area contributed by atoms with E-state index in [9.17, 15) is 4.79 Å². The third kappa shape index (κ3) is 4.16. The molecular formula is C6H8ClNO2. The molecule has 0 aliphatic carbocycles. The summed E-state index contributed by atoms with van der Waals surface area (Å²) in [4.78, 5) is 10.1. The van der Waals surface area contributed by atoms with Gasteiger partial charge in [-0.25, -0.2) is 0 Å². The molecule has 0 rings (SSSR count). The van der Waals surface area contributed by atoms with E-state index in [0.29, 0.717) is 0 Å². The van der Waals surface area contributed by atoms with Crippen molar-refractivity contribution >= 4 is 17.6 Å². The van der Waals surface area contributed by atoms with Crippen LogP contribution < -0.4 is 0 Å². The van der Waals surface area contributed by atoms with E-state index < -0.39 is 5.97 Å². The Labute approximate surface area is 64.2 Å². The van der Waals surface area contributed by atoms with Gasteiger partial charge in [0.05, 0.1) is 12.5 Å². The summed E-state index contributed by atoms with van der Waals surface area (Å²) in [6.45, 7) is 0. The van der Waals surface area contributed by atoms with Crippen molar-refractivity contribution in [2.24, 2.45) is 5.92 Å². The predicted molar refractivity (Wildman–Crippen MR) is 36.7 cm³/mol. The number of rotatable bonds is 4. The van der Waals surface area contributed by atoms with Crippen molar-refractivity contribution in [3.05, 3.63) is 0 Å². The van der Waals surface area contributed by atoms with Crippen LogP contribution in [0.2, 0.25) is 0 Å². The summed E-state index contributed by atoms with van der Waals surface area (Å²) in [6.07, 6.45) is 0.201. The standard InChI is InChI=1S/C6H8ClNO2/c7-4-5(1-2-8)3-6(9)10/h5H,1,3-4H2,(H,9,10). The second-order valence-electron chi connectivity index (χ2n) is 1.98. The van der Waals surface area contributed by atoms with Gasteiger partial charge in [0.15, 0.2) is 0 Å². The van der Waals surface area contributed by atoms with Crippen LogP contribution in [0.4, 0.5) is 0 Å². The van der Waals surface area contributed by atoms with Crippen LogP contribution in [-0.2, 0) is 4.79 Å². The molecule has 0 bridgehead atoms. The summed E-state index contributed by atoms with van der Waals surface area (Å²) >= 11 is 5.38. The van der Waals surface area contributed by atoms with Crippen LogP contribution in [0.1, 0.15) is 12.8 Å². The highest BCUT2D eigenvalue weighted by Gasteiger charge is 2.10. The molecule has 3 nitrogen and oxygen atoms in total. The Hall–Kier alpha value is -0.750. The van der Waals surface area contributed by atoms with E-state index in [4.69, 9.17) is 22.0 Å². The number of nitriles is 1. The van der Waals surface area contributed by atoms with Crippen molar-refractivity contribution in [1.29, 1.82) is 5.26 Å². The van der Waals surface area contributed by atoms with Gasteiger partial charge in [-0.3, -0.25) is 4.79 Å². The second kappa shape index (κ2) is 5.07. The molecule has 0 amide bonds. The third-order valence-electron chi connectivity index (χ3n) is 1.06. The smallest absolute Gasteiger partial charge is 0.303 e. The molecule has 0 aliphatic rings. The molecule has 4 heteroatoms. The first-order valence-electron chi connectivity index (χ1n) is 2.85. The van der Waals surface area contributed by atoms with E-state index in [-0.39, 0.29) is 24.6 Å². The normalized spacial score (nSPS) is 12.0. The zero-order valence-electron chi connectivity index (χ0n) is 5.38. The van der Waals surface area contributed by atoms with Gasteiger partial charge >= 0.3 is 5.97 Å². The van der Waals surface area contributed by atoms with Crippen molar-refractivity contribution in [2.75, 3.05) is 5.88 Å². The zero-order valence-corrected chi connectivity index (χ0v) is 6.14. The maximum atomic E-state index is 10.1. The van der Waals surface area contributed by atoms with Crippen molar-refractivity contribution in [1.82, 2.24) is 0 Å². The molecule has 0 fully saturated rings. The van der Waals surface area contributed by atoms with Gasteiger partial charge in [0, 0.05) is 12.3 Å². The zero-order chi connectivity index (χ0) is 7.98. The maximum absolute atomic E-state index is 10.1. The number of carboxylic acids is 1. The molecule has 0 aromatic heterocycles. The van der Waals surface area contributed by atoms with Gasteiger partial charge in [-0.05, 0) is 5.92 Å². The third-order valence-corrected chi connectivity index (χ3v) is 1.50. The monoisotopic (exact) mass is 161 g/mol. The van der Waals surface area contributed by atoms with Crippen molar-refractivity contribution in [3.63, 3.8) is 0 Å². The number of aliphatic carboxylic acids is 1. The van der Waals surface area contributed by atoms with Gasteiger partial charge < -0.3 is 5.11 Å². The van der Waals surface area contributed by atoms with Crippen LogP contribution in [0.5, 0.6) is 0 Å². The van der Waals surface area contributed by atoms with E-state index in [1.54, 1.807) is 0 Å². The summed E-state index contributed by atoms with van der Waals surface area (Å²) in [5.41, 5.74) is 0. The quantitative estimate of drug-likeness (QED) is 0.631. The molecule has 0 radical (unpaired) electrons. The minimum atomic E-state index is -0.902. The number of nitrogens with zero attached hydrogens (tertiary/aromatic N) is 1. The molecule has 0 heterocycles. The van der Waals surface area contributed by atoms with Gasteiger partial charge in [-0.1, -0.05) is 0 Å². The molecule has 10 heavy (non-hydrogen) atoms. The topological polar surface area (TPSA) is 61.1 Å². The molecule has 0 spiro atoms. The number of carboxylic acid groups (broad SMARTS) is 1. The number of alkyl halides is 1. The predicted octanol–water partition coefficient (Wildman–Crippen LogP) is 1.23. The fourth-order valence-corrected chi connectivity index (χ4v) is 0.776. The molecular weight excluding hydrogens is 154 g/mol. The lowest BCUT2D eigenvalue weighted by Gasteiger charge is -2.03. The Bertz CT molecular complexity index is 152. The van der Waals surface area contributed by atoms with Gasteiger partial charge in [0.25, 0.3) is 0 Å². The molecule has 1 unspecified atom stereocenters. The Balaban J connectivity index is 3.62. The fourth-order valence-electron chi connectivity index (χ4n) is 0.557. The Morgan fingerprint density at radius 2 is 2.40 bits per heavy atom. The van der Waals surface area contributed by atoms with E-state index in [0.717, 1.165) is 0 Å². The van der Waals surface area contributed by atoms with Crippen LogP contribution in [0, 0.1) is 17.2 Å². The summed E-state index contributed by atoms with van der Waals surface area (Å²) in [5, 5.41) is 16.5. The van der Waals surface area contributed by atoms with E-state index in [1.165, 1.54) is 0 Å². The molecule has 0 saturated carbocycles. The number of halogens is 1. The van der Waals surface area contributed by atoms with E-state index in [1.807, 2.05) is 6.07 Å². The SMILES string of the molecule is N#CCC(CCl)CC(=O)O. The fraction of sp³-hybridized carbons (Fsp3) is 0.667.